The molecule has 6 heteroatoms. The molecule has 0 spiro atoms. The molecule has 0 aromatic carbocycles. The first kappa shape index (κ1) is 51.6. The monoisotopic (exact) mass is 756 g/mol. The summed E-state index contributed by atoms with van der Waals surface area (Å²) in [7, 11) is 0. The molecule has 3 atom stereocenters. The Hall–Kier alpha value is -2.44. The molecule has 0 fully saturated rings. The zero-order valence-electron chi connectivity index (χ0n) is 35.3. The largest absolute Gasteiger partial charge is 0.462 e. The molecule has 54 heavy (non-hydrogen) atoms. The summed E-state index contributed by atoms with van der Waals surface area (Å²) in [5.41, 5.74) is 0. The van der Waals surface area contributed by atoms with Gasteiger partial charge >= 0.3 is 5.97 Å². The number of aliphatic hydroxyl groups is 2. The summed E-state index contributed by atoms with van der Waals surface area (Å²) in [6, 6.07) is -0.714. The third-order valence-corrected chi connectivity index (χ3v) is 9.89. The standard InChI is InChI=1S/C48H85NO5/c1-4-7-10-13-16-19-21-22-23-24-25-26-28-30-33-36-39-44(54-48(53)41-38-35-32-29-20-17-14-11-8-5-2)42-47(52)49-45(43-50)46(51)40-37-34-31-27-18-15-12-9-6-3/h11,14,16,19,21-26,44-46,50-51H,4-10,12-13,15,17-18,20,27-43H2,1-3H3,(H,49,52)/b14-11-,19-16+,22-21+,24-23+,26-25+. The number of nitrogens with one attached hydrogen (secondary N) is 1. The van der Waals surface area contributed by atoms with E-state index in [1.165, 1.54) is 77.0 Å². The van der Waals surface area contributed by atoms with Crippen molar-refractivity contribution < 1.29 is 24.5 Å². The summed E-state index contributed by atoms with van der Waals surface area (Å²) in [4.78, 5) is 25.9. The van der Waals surface area contributed by atoms with E-state index in [4.69, 9.17) is 4.74 Å². The van der Waals surface area contributed by atoms with Crippen LogP contribution in [0.4, 0.5) is 0 Å². The summed E-state index contributed by atoms with van der Waals surface area (Å²) in [5.74, 6) is -0.531. The third-order valence-electron chi connectivity index (χ3n) is 9.89. The van der Waals surface area contributed by atoms with E-state index < -0.39 is 18.2 Å². The lowest BCUT2D eigenvalue weighted by molar-refractivity contribution is -0.151. The van der Waals surface area contributed by atoms with Crippen molar-refractivity contribution in [3.05, 3.63) is 60.8 Å². The predicted molar refractivity (Wildman–Crippen MR) is 232 cm³/mol. The van der Waals surface area contributed by atoms with E-state index in [9.17, 15) is 19.8 Å². The second-order valence-corrected chi connectivity index (χ2v) is 15.2. The smallest absolute Gasteiger partial charge is 0.306 e. The number of unbranched alkanes of at least 4 members (excludes halogenated alkanes) is 20. The molecular formula is C48H85NO5. The minimum Gasteiger partial charge on any atom is -0.462 e. The van der Waals surface area contributed by atoms with Gasteiger partial charge < -0.3 is 20.3 Å². The van der Waals surface area contributed by atoms with E-state index in [0.29, 0.717) is 19.3 Å². The molecule has 0 aliphatic heterocycles. The van der Waals surface area contributed by atoms with E-state index in [0.717, 1.165) is 83.5 Å². The molecule has 0 bridgehead atoms. The van der Waals surface area contributed by atoms with Crippen molar-refractivity contribution in [3.63, 3.8) is 0 Å². The highest BCUT2D eigenvalue weighted by molar-refractivity contribution is 5.77. The Kier molecular flexibility index (Phi) is 39.8. The summed E-state index contributed by atoms with van der Waals surface area (Å²) in [5, 5.41) is 23.5. The summed E-state index contributed by atoms with van der Waals surface area (Å²) < 4.78 is 5.87. The highest BCUT2D eigenvalue weighted by Crippen LogP contribution is 2.16. The van der Waals surface area contributed by atoms with Crippen LogP contribution in [0.15, 0.2) is 60.8 Å². The fraction of sp³-hybridized carbons (Fsp3) is 0.750. The molecule has 1 amide bonds. The van der Waals surface area contributed by atoms with Gasteiger partial charge in [-0.3, -0.25) is 9.59 Å². The zero-order chi connectivity index (χ0) is 39.6. The van der Waals surface area contributed by atoms with Gasteiger partial charge in [-0.2, -0.15) is 0 Å². The van der Waals surface area contributed by atoms with Crippen molar-refractivity contribution in [2.75, 3.05) is 6.61 Å². The molecule has 0 aromatic rings. The molecule has 0 rings (SSSR count). The fourth-order valence-corrected chi connectivity index (χ4v) is 6.44. The minimum absolute atomic E-state index is 0.0463. The Morgan fingerprint density at radius 3 is 1.61 bits per heavy atom. The van der Waals surface area contributed by atoms with Gasteiger partial charge in [0.25, 0.3) is 0 Å². The van der Waals surface area contributed by atoms with Gasteiger partial charge in [0.15, 0.2) is 0 Å². The number of hydrogen-bond acceptors (Lipinski definition) is 5. The molecule has 0 aliphatic rings. The fourth-order valence-electron chi connectivity index (χ4n) is 6.44. The number of amides is 1. The molecule has 0 radical (unpaired) electrons. The first-order chi connectivity index (χ1) is 26.5. The predicted octanol–water partition coefficient (Wildman–Crippen LogP) is 12.9. The molecule has 312 valence electrons. The number of ether oxygens (including phenoxy) is 1. The molecule has 3 unspecified atom stereocenters. The number of allylic oxidation sites excluding steroid dienone is 10. The Labute approximate surface area is 333 Å². The first-order valence-electron chi connectivity index (χ1n) is 22.6. The molecule has 0 saturated heterocycles. The van der Waals surface area contributed by atoms with Crippen LogP contribution < -0.4 is 5.32 Å². The van der Waals surface area contributed by atoms with Crippen LogP contribution in [0.3, 0.4) is 0 Å². The third kappa shape index (κ3) is 36.5. The number of rotatable bonds is 39. The lowest BCUT2D eigenvalue weighted by atomic mass is 10.0. The van der Waals surface area contributed by atoms with Crippen molar-refractivity contribution in [3.8, 4) is 0 Å². The number of carbonyl (C=O) groups is 2. The second kappa shape index (κ2) is 41.7. The van der Waals surface area contributed by atoms with Gasteiger partial charge in [0.05, 0.1) is 25.2 Å². The minimum atomic E-state index is -0.798. The van der Waals surface area contributed by atoms with Crippen LogP contribution in [-0.2, 0) is 14.3 Å². The van der Waals surface area contributed by atoms with Crippen LogP contribution in [0, 0.1) is 0 Å². The van der Waals surface area contributed by atoms with Crippen LogP contribution in [0.25, 0.3) is 0 Å². The van der Waals surface area contributed by atoms with Crippen molar-refractivity contribution in [2.45, 2.75) is 225 Å². The Morgan fingerprint density at radius 1 is 0.537 bits per heavy atom. The molecule has 0 saturated carbocycles. The van der Waals surface area contributed by atoms with Crippen molar-refractivity contribution in [1.82, 2.24) is 5.32 Å². The number of hydrogen-bond donors (Lipinski definition) is 3. The summed E-state index contributed by atoms with van der Waals surface area (Å²) in [6.45, 7) is 6.33. The SMILES string of the molecule is CCC/C=C\CCCCCCCC(=O)OC(CCCCC/C=C/C=C/C=C/C=C/CCCCC)CC(=O)NC(CO)C(O)CCCCCCCCCCC. The molecule has 0 aliphatic carbocycles. The van der Waals surface area contributed by atoms with Gasteiger partial charge in [0.2, 0.25) is 5.91 Å². The van der Waals surface area contributed by atoms with E-state index in [2.05, 4.69) is 74.7 Å². The highest BCUT2D eigenvalue weighted by atomic mass is 16.5. The van der Waals surface area contributed by atoms with Crippen LogP contribution in [0.1, 0.15) is 207 Å². The molecule has 6 nitrogen and oxygen atoms in total. The maximum Gasteiger partial charge on any atom is 0.306 e. The maximum atomic E-state index is 13.1. The van der Waals surface area contributed by atoms with Gasteiger partial charge in [-0.1, -0.05) is 184 Å². The van der Waals surface area contributed by atoms with E-state index in [-0.39, 0.29) is 24.9 Å². The Bertz CT molecular complexity index is 984. The molecule has 0 heterocycles. The number of esters is 1. The van der Waals surface area contributed by atoms with E-state index >= 15 is 0 Å². The molecule has 0 aromatic heterocycles. The van der Waals surface area contributed by atoms with Crippen LogP contribution in [0.5, 0.6) is 0 Å². The summed E-state index contributed by atoms with van der Waals surface area (Å²) in [6.07, 6.45) is 49.9. The van der Waals surface area contributed by atoms with E-state index in [1.807, 2.05) is 12.2 Å². The van der Waals surface area contributed by atoms with Crippen LogP contribution >= 0.6 is 0 Å². The van der Waals surface area contributed by atoms with Crippen molar-refractivity contribution in [2.24, 2.45) is 0 Å². The van der Waals surface area contributed by atoms with Gasteiger partial charge in [0.1, 0.15) is 6.10 Å². The maximum absolute atomic E-state index is 13.1. The Morgan fingerprint density at radius 2 is 1.00 bits per heavy atom. The lowest BCUT2D eigenvalue weighted by Gasteiger charge is -2.24. The van der Waals surface area contributed by atoms with Crippen molar-refractivity contribution >= 4 is 11.9 Å². The number of aliphatic hydroxyl groups excluding tert-OH is 2. The molecule has 3 N–H and O–H groups in total. The highest BCUT2D eigenvalue weighted by Gasteiger charge is 2.24. The zero-order valence-corrected chi connectivity index (χ0v) is 35.3. The van der Waals surface area contributed by atoms with Crippen LogP contribution in [-0.4, -0.2) is 46.9 Å². The topological polar surface area (TPSA) is 95.9 Å². The van der Waals surface area contributed by atoms with Crippen LogP contribution in [0.2, 0.25) is 0 Å². The normalized spacial score (nSPS) is 13.9. The van der Waals surface area contributed by atoms with Gasteiger partial charge in [0, 0.05) is 6.42 Å². The first-order valence-corrected chi connectivity index (χ1v) is 22.6. The number of carbonyl (C=O) groups excluding carboxylic acids is 2. The summed E-state index contributed by atoms with van der Waals surface area (Å²) >= 11 is 0. The van der Waals surface area contributed by atoms with Gasteiger partial charge in [-0.05, 0) is 70.6 Å². The van der Waals surface area contributed by atoms with E-state index in [1.54, 1.807) is 0 Å². The second-order valence-electron chi connectivity index (χ2n) is 15.2. The average Bonchev–Trinajstić information content (AvgIpc) is 3.16. The quantitative estimate of drug-likeness (QED) is 0.0251. The average molecular weight is 756 g/mol. The lowest BCUT2D eigenvalue weighted by Crippen LogP contribution is -2.46. The van der Waals surface area contributed by atoms with Gasteiger partial charge in [-0.15, -0.1) is 0 Å². The van der Waals surface area contributed by atoms with Crippen molar-refractivity contribution in [1.29, 1.82) is 0 Å². The Balaban J connectivity index is 4.73. The molecular weight excluding hydrogens is 671 g/mol. The van der Waals surface area contributed by atoms with Gasteiger partial charge in [-0.25, -0.2) is 0 Å².